The van der Waals surface area contributed by atoms with Crippen LogP contribution in [-0.4, -0.2) is 18.7 Å². The highest BCUT2D eigenvalue weighted by Crippen LogP contribution is 2.65. The van der Waals surface area contributed by atoms with Crippen molar-refractivity contribution >= 4 is 5.97 Å². The van der Waals surface area contributed by atoms with Crippen LogP contribution in [0.25, 0.3) is 0 Å². The zero-order valence-electron chi connectivity index (χ0n) is 23.8. The third-order valence-corrected chi connectivity index (χ3v) is 10.8. The van der Waals surface area contributed by atoms with Gasteiger partial charge in [0.15, 0.2) is 0 Å². The number of carbonyl (C=O) groups excluding carboxylic acids is 1. The van der Waals surface area contributed by atoms with E-state index in [4.69, 9.17) is 4.74 Å². The van der Waals surface area contributed by atoms with Crippen LogP contribution in [0.15, 0.2) is 11.1 Å². The van der Waals surface area contributed by atoms with Gasteiger partial charge in [0.05, 0.1) is 12.1 Å². The van der Waals surface area contributed by atoms with Crippen LogP contribution in [0.3, 0.4) is 0 Å². The maximum Gasteiger partial charge on any atom is 0.311 e. The van der Waals surface area contributed by atoms with Gasteiger partial charge in [-0.3, -0.25) is 9.18 Å². The Labute approximate surface area is 215 Å². The van der Waals surface area contributed by atoms with Gasteiger partial charge in [-0.15, -0.1) is 0 Å². The van der Waals surface area contributed by atoms with Crippen molar-refractivity contribution in [2.45, 2.75) is 125 Å². The van der Waals surface area contributed by atoms with Crippen molar-refractivity contribution in [2.24, 2.45) is 52.3 Å². The number of alkyl halides is 1. The van der Waals surface area contributed by atoms with Crippen molar-refractivity contribution in [2.75, 3.05) is 6.67 Å². The van der Waals surface area contributed by atoms with Crippen molar-refractivity contribution in [1.29, 1.82) is 0 Å². The Hall–Kier alpha value is -0.860. The van der Waals surface area contributed by atoms with Crippen LogP contribution in [0.1, 0.15) is 119 Å². The number of esters is 1. The second-order valence-electron chi connectivity index (χ2n) is 14.6. The van der Waals surface area contributed by atoms with Gasteiger partial charge in [0.25, 0.3) is 0 Å². The number of hydrogen-bond acceptors (Lipinski definition) is 2. The smallest absolute Gasteiger partial charge is 0.311 e. The number of ether oxygens (including phenoxy) is 1. The van der Waals surface area contributed by atoms with Crippen LogP contribution < -0.4 is 0 Å². The third-order valence-electron chi connectivity index (χ3n) is 10.8. The van der Waals surface area contributed by atoms with E-state index in [-0.39, 0.29) is 24.7 Å². The molecule has 0 aromatic rings. The lowest BCUT2D eigenvalue weighted by Crippen LogP contribution is -2.47. The highest BCUT2D eigenvalue weighted by Gasteiger charge is 2.57. The fraction of sp³-hybridized carbons (Fsp3) is 0.906. The van der Waals surface area contributed by atoms with Gasteiger partial charge >= 0.3 is 5.97 Å². The Bertz CT molecular complexity index is 792. The van der Waals surface area contributed by atoms with E-state index in [2.05, 4.69) is 27.7 Å². The van der Waals surface area contributed by atoms with Crippen LogP contribution in [0.4, 0.5) is 4.39 Å². The molecule has 0 aromatic carbocycles. The molecule has 200 valence electrons. The summed E-state index contributed by atoms with van der Waals surface area (Å²) < 4.78 is 20.4. The molecular formula is C32H53FO2. The number of fused-ring (bicyclic) bond motifs is 4. The second kappa shape index (κ2) is 10.5. The van der Waals surface area contributed by atoms with Gasteiger partial charge in [0, 0.05) is 12.3 Å². The Balaban J connectivity index is 1.48. The average Bonchev–Trinajstić information content (AvgIpc) is 3.14. The van der Waals surface area contributed by atoms with Crippen LogP contribution in [-0.2, 0) is 9.53 Å². The largest absolute Gasteiger partial charge is 0.462 e. The molecule has 4 rings (SSSR count). The molecule has 2 nitrogen and oxygen atoms in total. The SMILES string of the molecule is CC(C)CCC[C@@H](C)[C@H]1CCC2C3C[C@@H](CF)C4=C(CC[C@H](OC(=O)C(C)(C)C)C4)C3CC[C@@]21C. The van der Waals surface area contributed by atoms with Gasteiger partial charge in [-0.05, 0) is 107 Å². The highest BCUT2D eigenvalue weighted by atomic mass is 19.1. The van der Waals surface area contributed by atoms with E-state index in [1.54, 1.807) is 5.57 Å². The normalized spacial score (nSPS) is 38.1. The van der Waals surface area contributed by atoms with E-state index in [1.165, 1.54) is 50.5 Å². The summed E-state index contributed by atoms with van der Waals surface area (Å²) in [5.41, 5.74) is 2.89. The number of hydrogen-bond donors (Lipinski definition) is 0. The summed E-state index contributed by atoms with van der Waals surface area (Å²) in [5.74, 6) is 4.46. The summed E-state index contributed by atoms with van der Waals surface area (Å²) in [4.78, 5) is 12.5. The van der Waals surface area contributed by atoms with Gasteiger partial charge < -0.3 is 4.74 Å². The molecule has 0 heterocycles. The highest BCUT2D eigenvalue weighted by molar-refractivity contribution is 5.75. The predicted octanol–water partition coefficient (Wildman–Crippen LogP) is 8.94. The lowest BCUT2D eigenvalue weighted by Gasteiger charge is -2.54. The Morgan fingerprint density at radius 3 is 2.49 bits per heavy atom. The molecule has 0 saturated heterocycles. The molecule has 0 N–H and O–H groups in total. The van der Waals surface area contributed by atoms with E-state index < -0.39 is 5.41 Å². The summed E-state index contributed by atoms with van der Waals surface area (Å²) in [6, 6.07) is 0. The van der Waals surface area contributed by atoms with Crippen molar-refractivity contribution in [3.05, 3.63) is 11.1 Å². The van der Waals surface area contributed by atoms with Crippen molar-refractivity contribution in [3.8, 4) is 0 Å². The first-order valence-corrected chi connectivity index (χ1v) is 14.9. The van der Waals surface area contributed by atoms with Crippen molar-refractivity contribution < 1.29 is 13.9 Å². The summed E-state index contributed by atoms with van der Waals surface area (Å²) >= 11 is 0. The van der Waals surface area contributed by atoms with Crippen LogP contribution in [0, 0.1) is 52.3 Å². The van der Waals surface area contributed by atoms with Gasteiger partial charge in [0.1, 0.15) is 6.10 Å². The molecule has 3 unspecified atom stereocenters. The number of carbonyl (C=O) groups is 1. The fourth-order valence-corrected chi connectivity index (χ4v) is 8.94. The molecule has 0 bridgehead atoms. The molecule has 4 aliphatic rings. The second-order valence-corrected chi connectivity index (χ2v) is 14.6. The minimum absolute atomic E-state index is 0.0484. The number of halogens is 1. The summed E-state index contributed by atoms with van der Waals surface area (Å²) in [6.45, 7) is 15.3. The number of allylic oxidation sites excluding steroid dienone is 1. The zero-order chi connectivity index (χ0) is 25.5. The molecule has 0 aliphatic heterocycles. The monoisotopic (exact) mass is 488 g/mol. The molecule has 4 aliphatic carbocycles. The maximum absolute atomic E-state index is 14.5. The van der Waals surface area contributed by atoms with E-state index in [0.717, 1.165) is 49.4 Å². The molecular weight excluding hydrogens is 435 g/mol. The summed E-state index contributed by atoms with van der Waals surface area (Å²) in [7, 11) is 0. The van der Waals surface area contributed by atoms with Crippen LogP contribution >= 0.6 is 0 Å². The van der Waals surface area contributed by atoms with Gasteiger partial charge in [0.2, 0.25) is 0 Å². The minimum Gasteiger partial charge on any atom is -0.462 e. The van der Waals surface area contributed by atoms with Crippen LogP contribution in [0.5, 0.6) is 0 Å². The third kappa shape index (κ3) is 5.40. The first-order chi connectivity index (χ1) is 16.5. The van der Waals surface area contributed by atoms with Gasteiger partial charge in [-0.1, -0.05) is 58.1 Å². The average molecular weight is 489 g/mol. The molecule has 0 spiro atoms. The molecule has 0 amide bonds. The molecule has 2 fully saturated rings. The quantitative estimate of drug-likeness (QED) is 0.264. The molecule has 2 saturated carbocycles. The number of rotatable bonds is 7. The summed E-state index contributed by atoms with van der Waals surface area (Å²) in [6.07, 6.45) is 13.1. The molecule has 3 heteroatoms. The van der Waals surface area contributed by atoms with Crippen molar-refractivity contribution in [1.82, 2.24) is 0 Å². The first kappa shape index (κ1) is 27.2. The van der Waals surface area contributed by atoms with Gasteiger partial charge in [-0.25, -0.2) is 0 Å². The van der Waals surface area contributed by atoms with E-state index in [9.17, 15) is 9.18 Å². The molecule has 0 aromatic heterocycles. The van der Waals surface area contributed by atoms with Crippen LogP contribution in [0.2, 0.25) is 0 Å². The van der Waals surface area contributed by atoms with E-state index in [1.807, 2.05) is 20.8 Å². The van der Waals surface area contributed by atoms with Crippen molar-refractivity contribution in [3.63, 3.8) is 0 Å². The molecule has 35 heavy (non-hydrogen) atoms. The Kier molecular flexibility index (Phi) is 8.14. The standard InChI is InChI=1S/C32H53FO2/c1-20(2)9-8-10-21(3)28-13-14-29-27-17-22(19-33)26-18-23(35-30(34)31(4,5)6)11-12-24(26)25(27)15-16-32(28,29)7/h20-23,25,27-29H,8-19H2,1-7H3/t21-,22+,23+,25?,27?,28-,29?,32-/m1/s1. The maximum atomic E-state index is 14.5. The minimum atomic E-state index is -0.482. The first-order valence-electron chi connectivity index (χ1n) is 14.9. The lowest BCUT2D eigenvalue weighted by atomic mass is 9.51. The predicted molar refractivity (Wildman–Crippen MR) is 143 cm³/mol. The topological polar surface area (TPSA) is 26.3 Å². The Morgan fingerprint density at radius 1 is 1.09 bits per heavy atom. The summed E-state index contributed by atoms with van der Waals surface area (Å²) in [5, 5.41) is 0. The van der Waals surface area contributed by atoms with E-state index in [0.29, 0.717) is 17.3 Å². The zero-order valence-corrected chi connectivity index (χ0v) is 23.8. The molecule has 0 radical (unpaired) electrons. The lowest BCUT2D eigenvalue weighted by molar-refractivity contribution is -0.159. The van der Waals surface area contributed by atoms with E-state index >= 15 is 0 Å². The fourth-order valence-electron chi connectivity index (χ4n) is 8.94. The van der Waals surface area contributed by atoms with Gasteiger partial charge in [-0.2, -0.15) is 0 Å². The Morgan fingerprint density at radius 2 is 1.83 bits per heavy atom. The molecule has 8 atom stereocenters.